The molecule has 4 heteroatoms. The number of nitrogens with zero attached hydrogens (tertiary/aromatic N) is 2. The third kappa shape index (κ3) is 4.70. The van der Waals surface area contributed by atoms with Gasteiger partial charge in [0.05, 0.1) is 5.69 Å². The summed E-state index contributed by atoms with van der Waals surface area (Å²) in [6, 6.07) is 0. The van der Waals surface area contributed by atoms with E-state index in [0.717, 1.165) is 38.4 Å². The molecule has 0 bridgehead atoms. The Hall–Kier alpha value is -1.00. The summed E-state index contributed by atoms with van der Waals surface area (Å²) in [5.41, 5.74) is 2.38. The van der Waals surface area contributed by atoms with E-state index in [1.54, 1.807) is 7.11 Å². The molecule has 0 aliphatic carbocycles. The normalized spacial score (nSPS) is 11.2. The van der Waals surface area contributed by atoms with Crippen LogP contribution in [-0.4, -0.2) is 30.2 Å². The number of methoxy groups -OCH3 is 1. The average molecular weight is 251 g/mol. The van der Waals surface area contributed by atoms with Crippen LogP contribution in [0.4, 0.5) is 0 Å². The van der Waals surface area contributed by atoms with Crippen molar-refractivity contribution in [3.8, 4) is 0 Å². The Kier molecular flexibility index (Phi) is 6.83. The summed E-state index contributed by atoms with van der Waals surface area (Å²) in [6.45, 7) is 9.04. The van der Waals surface area contributed by atoms with Crippen molar-refractivity contribution < 1.29 is 4.74 Å². The molecule has 0 fully saturated rings. The summed E-state index contributed by atoms with van der Waals surface area (Å²) in [7, 11) is 1.72. The van der Waals surface area contributed by atoms with Gasteiger partial charge in [-0.3, -0.25) is 0 Å². The average Bonchev–Trinajstić information content (AvgIpc) is 2.37. The highest BCUT2D eigenvalue weighted by Crippen LogP contribution is 2.17. The smallest absolute Gasteiger partial charge is 0.128 e. The largest absolute Gasteiger partial charge is 0.385 e. The Morgan fingerprint density at radius 3 is 2.78 bits per heavy atom. The second-order valence-electron chi connectivity index (χ2n) is 4.73. The number of rotatable bonds is 8. The van der Waals surface area contributed by atoms with E-state index in [4.69, 9.17) is 9.72 Å². The van der Waals surface area contributed by atoms with Gasteiger partial charge in [0.1, 0.15) is 5.82 Å². The minimum absolute atomic E-state index is 0.433. The van der Waals surface area contributed by atoms with Crippen LogP contribution < -0.4 is 5.32 Å². The Morgan fingerprint density at radius 1 is 1.39 bits per heavy atom. The minimum Gasteiger partial charge on any atom is -0.385 e. The quantitative estimate of drug-likeness (QED) is 0.720. The van der Waals surface area contributed by atoms with Crippen molar-refractivity contribution >= 4 is 0 Å². The van der Waals surface area contributed by atoms with Crippen LogP contribution in [0.5, 0.6) is 0 Å². The van der Waals surface area contributed by atoms with Crippen molar-refractivity contribution in [2.75, 3.05) is 20.3 Å². The van der Waals surface area contributed by atoms with E-state index in [1.807, 2.05) is 6.20 Å². The maximum absolute atomic E-state index is 5.05. The first kappa shape index (κ1) is 15.1. The zero-order valence-corrected chi connectivity index (χ0v) is 12.0. The summed E-state index contributed by atoms with van der Waals surface area (Å²) < 4.78 is 5.05. The number of hydrogen-bond acceptors (Lipinski definition) is 4. The second-order valence-corrected chi connectivity index (χ2v) is 4.73. The van der Waals surface area contributed by atoms with Crippen molar-refractivity contribution in [3.05, 3.63) is 23.3 Å². The molecule has 4 nitrogen and oxygen atoms in total. The standard InChI is InChI=1S/C14H25N3O/c1-5-15-9-12-10-16-13(7-6-8-18-4)17-14(12)11(2)3/h10-11,15H,5-9H2,1-4H3. The van der Waals surface area contributed by atoms with E-state index in [9.17, 15) is 0 Å². The predicted molar refractivity (Wildman–Crippen MR) is 73.7 cm³/mol. The van der Waals surface area contributed by atoms with Gasteiger partial charge in [-0.15, -0.1) is 0 Å². The van der Waals surface area contributed by atoms with Crippen LogP contribution in [0, 0.1) is 0 Å². The Labute approximate surface area is 110 Å². The molecule has 1 N–H and O–H groups in total. The SMILES string of the molecule is CCNCc1cnc(CCCOC)nc1C(C)C. The van der Waals surface area contributed by atoms with Gasteiger partial charge >= 0.3 is 0 Å². The summed E-state index contributed by atoms with van der Waals surface area (Å²) in [4.78, 5) is 9.13. The highest BCUT2D eigenvalue weighted by molar-refractivity contribution is 5.20. The van der Waals surface area contributed by atoms with Crippen molar-refractivity contribution in [2.45, 2.75) is 46.1 Å². The molecule has 0 saturated heterocycles. The summed E-state index contributed by atoms with van der Waals surface area (Å²) in [5.74, 6) is 1.36. The minimum atomic E-state index is 0.433. The summed E-state index contributed by atoms with van der Waals surface area (Å²) >= 11 is 0. The molecular weight excluding hydrogens is 226 g/mol. The highest BCUT2D eigenvalue weighted by atomic mass is 16.5. The molecule has 0 aromatic carbocycles. The zero-order valence-electron chi connectivity index (χ0n) is 12.0. The van der Waals surface area contributed by atoms with Crippen molar-refractivity contribution in [1.82, 2.24) is 15.3 Å². The van der Waals surface area contributed by atoms with Crippen molar-refractivity contribution in [1.29, 1.82) is 0 Å². The molecule has 0 spiro atoms. The summed E-state index contributed by atoms with van der Waals surface area (Å²) in [5, 5.41) is 3.33. The molecule has 0 saturated carbocycles. The maximum Gasteiger partial charge on any atom is 0.128 e. The lowest BCUT2D eigenvalue weighted by atomic mass is 10.0. The number of hydrogen-bond donors (Lipinski definition) is 1. The van der Waals surface area contributed by atoms with E-state index in [-0.39, 0.29) is 0 Å². The maximum atomic E-state index is 5.05. The van der Waals surface area contributed by atoms with E-state index in [1.165, 1.54) is 11.3 Å². The van der Waals surface area contributed by atoms with Gasteiger partial charge < -0.3 is 10.1 Å². The van der Waals surface area contributed by atoms with Gasteiger partial charge in [0.25, 0.3) is 0 Å². The van der Waals surface area contributed by atoms with Gasteiger partial charge in [-0.25, -0.2) is 9.97 Å². The van der Waals surface area contributed by atoms with E-state index < -0.39 is 0 Å². The predicted octanol–water partition coefficient (Wildman–Crippen LogP) is 2.29. The van der Waals surface area contributed by atoms with Crippen LogP contribution in [0.2, 0.25) is 0 Å². The van der Waals surface area contributed by atoms with Crippen LogP contribution in [0.25, 0.3) is 0 Å². The second kappa shape index (κ2) is 8.16. The number of ether oxygens (including phenoxy) is 1. The zero-order chi connectivity index (χ0) is 13.4. The third-order valence-corrected chi connectivity index (χ3v) is 2.81. The monoisotopic (exact) mass is 251 g/mol. The van der Waals surface area contributed by atoms with E-state index in [2.05, 4.69) is 31.1 Å². The van der Waals surface area contributed by atoms with Crippen LogP contribution in [0.1, 0.15) is 50.2 Å². The Morgan fingerprint density at radius 2 is 2.17 bits per heavy atom. The van der Waals surface area contributed by atoms with Gasteiger partial charge in [0, 0.05) is 38.4 Å². The number of aryl methyl sites for hydroxylation is 1. The van der Waals surface area contributed by atoms with Gasteiger partial charge in [-0.2, -0.15) is 0 Å². The first-order valence-corrected chi connectivity index (χ1v) is 6.73. The molecule has 0 radical (unpaired) electrons. The molecule has 0 aliphatic heterocycles. The van der Waals surface area contributed by atoms with Gasteiger partial charge in [0.15, 0.2) is 0 Å². The molecule has 1 heterocycles. The molecule has 102 valence electrons. The first-order valence-electron chi connectivity index (χ1n) is 6.73. The molecule has 0 unspecified atom stereocenters. The van der Waals surface area contributed by atoms with Gasteiger partial charge in [0.2, 0.25) is 0 Å². The molecule has 0 amide bonds. The lowest BCUT2D eigenvalue weighted by Gasteiger charge is -2.13. The Bertz CT molecular complexity index is 353. The molecule has 1 aromatic heterocycles. The fourth-order valence-corrected chi connectivity index (χ4v) is 1.85. The van der Waals surface area contributed by atoms with Gasteiger partial charge in [-0.05, 0) is 18.9 Å². The molecule has 0 aliphatic rings. The topological polar surface area (TPSA) is 47.0 Å². The number of aromatic nitrogens is 2. The lowest BCUT2D eigenvalue weighted by Crippen LogP contribution is -2.16. The van der Waals surface area contributed by atoms with Crippen LogP contribution in [0.3, 0.4) is 0 Å². The fourth-order valence-electron chi connectivity index (χ4n) is 1.85. The molecule has 18 heavy (non-hydrogen) atoms. The van der Waals surface area contributed by atoms with E-state index >= 15 is 0 Å². The fraction of sp³-hybridized carbons (Fsp3) is 0.714. The van der Waals surface area contributed by atoms with Gasteiger partial charge in [-0.1, -0.05) is 20.8 Å². The van der Waals surface area contributed by atoms with Crippen LogP contribution in [-0.2, 0) is 17.7 Å². The van der Waals surface area contributed by atoms with Crippen molar-refractivity contribution in [2.24, 2.45) is 0 Å². The lowest BCUT2D eigenvalue weighted by molar-refractivity contribution is 0.194. The molecule has 1 aromatic rings. The molecule has 0 atom stereocenters. The van der Waals surface area contributed by atoms with Crippen LogP contribution >= 0.6 is 0 Å². The van der Waals surface area contributed by atoms with E-state index in [0.29, 0.717) is 5.92 Å². The molecule has 1 rings (SSSR count). The molecular formula is C14H25N3O. The van der Waals surface area contributed by atoms with Crippen LogP contribution in [0.15, 0.2) is 6.20 Å². The highest BCUT2D eigenvalue weighted by Gasteiger charge is 2.10. The third-order valence-electron chi connectivity index (χ3n) is 2.81. The summed E-state index contributed by atoms with van der Waals surface area (Å²) in [6.07, 6.45) is 3.82. The van der Waals surface area contributed by atoms with Crippen molar-refractivity contribution in [3.63, 3.8) is 0 Å². The first-order chi connectivity index (χ1) is 8.69. The number of nitrogens with one attached hydrogen (secondary N) is 1. The Balaban J connectivity index is 2.75.